The Kier molecular flexibility index (Phi) is 7.45. The van der Waals surface area contributed by atoms with Crippen molar-refractivity contribution in [1.82, 2.24) is 5.32 Å². The lowest BCUT2D eigenvalue weighted by molar-refractivity contribution is -0.120. The van der Waals surface area contributed by atoms with Gasteiger partial charge in [-0.15, -0.1) is 0 Å². The SMILES string of the molecule is CCOc1ccc(N(CC(=O)N[C@H](C)c2ccc3c(c2)OCCO3)S(=O)(=O)c2ccccc2)cc1. The lowest BCUT2D eigenvalue weighted by atomic mass is 10.1. The highest BCUT2D eigenvalue weighted by Crippen LogP contribution is 2.32. The number of hydrogen-bond donors (Lipinski definition) is 1. The molecule has 1 aliphatic rings. The van der Waals surface area contributed by atoms with Gasteiger partial charge in [0.15, 0.2) is 11.5 Å². The lowest BCUT2D eigenvalue weighted by Crippen LogP contribution is -2.41. The van der Waals surface area contributed by atoms with Crippen molar-refractivity contribution in [2.75, 3.05) is 30.7 Å². The fourth-order valence-electron chi connectivity index (χ4n) is 3.74. The number of carbonyl (C=O) groups is 1. The van der Waals surface area contributed by atoms with Crippen LogP contribution in [0.25, 0.3) is 0 Å². The minimum absolute atomic E-state index is 0.0987. The summed E-state index contributed by atoms with van der Waals surface area (Å²) in [5, 5.41) is 2.89. The predicted molar refractivity (Wildman–Crippen MR) is 133 cm³/mol. The van der Waals surface area contributed by atoms with Gasteiger partial charge >= 0.3 is 0 Å². The number of nitrogens with one attached hydrogen (secondary N) is 1. The van der Waals surface area contributed by atoms with E-state index >= 15 is 0 Å². The molecule has 8 nitrogen and oxygen atoms in total. The molecule has 0 aliphatic carbocycles. The number of benzene rings is 3. The number of anilines is 1. The number of nitrogens with zero attached hydrogens (tertiary/aromatic N) is 1. The Bertz CT molecular complexity index is 1260. The molecular formula is C26H28N2O6S. The zero-order valence-electron chi connectivity index (χ0n) is 19.6. The van der Waals surface area contributed by atoms with E-state index in [1.54, 1.807) is 48.5 Å². The van der Waals surface area contributed by atoms with E-state index in [9.17, 15) is 13.2 Å². The summed E-state index contributed by atoms with van der Waals surface area (Å²) >= 11 is 0. The molecule has 0 fully saturated rings. The van der Waals surface area contributed by atoms with E-state index in [-0.39, 0.29) is 17.5 Å². The van der Waals surface area contributed by atoms with E-state index in [1.807, 2.05) is 26.0 Å². The Balaban J connectivity index is 1.56. The van der Waals surface area contributed by atoms with Gasteiger partial charge in [0.05, 0.1) is 23.2 Å². The van der Waals surface area contributed by atoms with Gasteiger partial charge in [-0.3, -0.25) is 9.10 Å². The average Bonchev–Trinajstić information content (AvgIpc) is 2.88. The van der Waals surface area contributed by atoms with Crippen LogP contribution in [0.2, 0.25) is 0 Å². The number of carbonyl (C=O) groups excluding carboxylic acids is 1. The third kappa shape index (κ3) is 5.68. The van der Waals surface area contributed by atoms with Crippen molar-refractivity contribution in [3.8, 4) is 17.2 Å². The van der Waals surface area contributed by atoms with Crippen molar-refractivity contribution >= 4 is 21.6 Å². The van der Waals surface area contributed by atoms with E-state index < -0.39 is 15.9 Å². The molecule has 0 unspecified atom stereocenters. The first kappa shape index (κ1) is 24.4. The molecule has 9 heteroatoms. The molecule has 1 heterocycles. The third-order valence-corrected chi connectivity index (χ3v) is 7.29. The van der Waals surface area contributed by atoms with Gasteiger partial charge in [-0.05, 0) is 67.9 Å². The van der Waals surface area contributed by atoms with Crippen LogP contribution in [0, 0.1) is 0 Å². The highest BCUT2D eigenvalue weighted by molar-refractivity contribution is 7.92. The monoisotopic (exact) mass is 496 g/mol. The van der Waals surface area contributed by atoms with Crippen LogP contribution in [0.3, 0.4) is 0 Å². The number of hydrogen-bond acceptors (Lipinski definition) is 6. The van der Waals surface area contributed by atoms with Gasteiger partial charge in [-0.1, -0.05) is 24.3 Å². The molecule has 1 N–H and O–H groups in total. The Morgan fingerprint density at radius 3 is 2.37 bits per heavy atom. The Labute approximate surface area is 205 Å². The quantitative estimate of drug-likeness (QED) is 0.483. The fourth-order valence-corrected chi connectivity index (χ4v) is 5.18. The van der Waals surface area contributed by atoms with E-state index in [4.69, 9.17) is 14.2 Å². The van der Waals surface area contributed by atoms with Crippen molar-refractivity contribution in [3.05, 3.63) is 78.4 Å². The van der Waals surface area contributed by atoms with Gasteiger partial charge in [0, 0.05) is 0 Å². The molecule has 0 saturated heterocycles. The number of ether oxygens (including phenoxy) is 3. The van der Waals surface area contributed by atoms with Gasteiger partial charge in [0.25, 0.3) is 10.0 Å². The summed E-state index contributed by atoms with van der Waals surface area (Å²) in [6, 6.07) is 19.8. The van der Waals surface area contributed by atoms with Crippen molar-refractivity contribution in [2.45, 2.75) is 24.8 Å². The van der Waals surface area contributed by atoms with Crippen molar-refractivity contribution in [2.24, 2.45) is 0 Å². The van der Waals surface area contributed by atoms with Crippen LogP contribution in [0.5, 0.6) is 17.2 Å². The number of rotatable bonds is 9. The van der Waals surface area contributed by atoms with Crippen LogP contribution in [0.4, 0.5) is 5.69 Å². The van der Waals surface area contributed by atoms with E-state index in [1.165, 1.54) is 12.1 Å². The summed E-state index contributed by atoms with van der Waals surface area (Å²) in [4.78, 5) is 13.1. The van der Waals surface area contributed by atoms with Crippen LogP contribution in [0.1, 0.15) is 25.5 Å². The smallest absolute Gasteiger partial charge is 0.264 e. The maximum atomic E-state index is 13.5. The summed E-state index contributed by atoms with van der Waals surface area (Å²) in [6.07, 6.45) is 0. The van der Waals surface area contributed by atoms with E-state index in [2.05, 4.69) is 5.32 Å². The highest BCUT2D eigenvalue weighted by atomic mass is 32.2. The Hall–Kier alpha value is -3.72. The molecule has 1 aliphatic heterocycles. The van der Waals surface area contributed by atoms with Crippen LogP contribution in [-0.4, -0.2) is 40.7 Å². The van der Waals surface area contributed by atoms with Gasteiger partial charge in [0.1, 0.15) is 25.5 Å². The maximum absolute atomic E-state index is 13.5. The molecule has 184 valence electrons. The van der Waals surface area contributed by atoms with Crippen molar-refractivity contribution in [1.29, 1.82) is 0 Å². The molecule has 3 aromatic carbocycles. The zero-order valence-corrected chi connectivity index (χ0v) is 20.5. The van der Waals surface area contributed by atoms with Crippen molar-refractivity contribution < 1.29 is 27.4 Å². The average molecular weight is 497 g/mol. The largest absolute Gasteiger partial charge is 0.494 e. The first-order valence-electron chi connectivity index (χ1n) is 11.4. The number of fused-ring (bicyclic) bond motifs is 1. The summed E-state index contributed by atoms with van der Waals surface area (Å²) in [7, 11) is -3.99. The standard InChI is InChI=1S/C26H28N2O6S/c1-3-32-22-12-10-21(11-13-22)28(35(30,31)23-7-5-4-6-8-23)18-26(29)27-19(2)20-9-14-24-25(17-20)34-16-15-33-24/h4-14,17,19H,3,15-16,18H2,1-2H3,(H,27,29)/t19-/m1/s1. The minimum atomic E-state index is -3.99. The summed E-state index contributed by atoms with van der Waals surface area (Å²) in [6.45, 7) is 4.76. The van der Waals surface area contributed by atoms with Crippen LogP contribution >= 0.6 is 0 Å². The first-order valence-corrected chi connectivity index (χ1v) is 12.8. The maximum Gasteiger partial charge on any atom is 0.264 e. The molecule has 3 aromatic rings. The summed E-state index contributed by atoms with van der Waals surface area (Å²) in [5.41, 5.74) is 1.18. The Morgan fingerprint density at radius 1 is 1.00 bits per heavy atom. The second-order valence-corrected chi connectivity index (χ2v) is 9.81. The van der Waals surface area contributed by atoms with Crippen molar-refractivity contribution in [3.63, 3.8) is 0 Å². The fraction of sp³-hybridized carbons (Fsp3) is 0.269. The molecule has 0 radical (unpaired) electrons. The molecule has 4 rings (SSSR count). The predicted octanol–water partition coefficient (Wildman–Crippen LogP) is 3.93. The van der Waals surface area contributed by atoms with Crippen LogP contribution in [0.15, 0.2) is 77.7 Å². The molecule has 35 heavy (non-hydrogen) atoms. The van der Waals surface area contributed by atoms with Gasteiger partial charge in [-0.25, -0.2) is 8.42 Å². The molecule has 1 atom stereocenters. The van der Waals surface area contributed by atoms with Crippen LogP contribution < -0.4 is 23.8 Å². The summed E-state index contributed by atoms with van der Waals surface area (Å²) < 4.78 is 44.7. The van der Waals surface area contributed by atoms with E-state index in [0.29, 0.717) is 42.8 Å². The molecular weight excluding hydrogens is 468 g/mol. The first-order chi connectivity index (χ1) is 16.9. The Morgan fingerprint density at radius 2 is 1.69 bits per heavy atom. The summed E-state index contributed by atoms with van der Waals surface area (Å²) in [5.74, 6) is 1.46. The number of amides is 1. The molecule has 0 saturated carbocycles. The van der Waals surface area contributed by atoms with Gasteiger partial charge < -0.3 is 19.5 Å². The molecule has 0 aromatic heterocycles. The highest BCUT2D eigenvalue weighted by Gasteiger charge is 2.28. The van der Waals surface area contributed by atoms with E-state index in [0.717, 1.165) is 9.87 Å². The molecule has 0 spiro atoms. The van der Waals surface area contributed by atoms with Gasteiger partial charge in [-0.2, -0.15) is 0 Å². The topological polar surface area (TPSA) is 94.2 Å². The zero-order chi connectivity index (χ0) is 24.8. The second kappa shape index (κ2) is 10.7. The second-order valence-electron chi connectivity index (χ2n) is 7.94. The lowest BCUT2D eigenvalue weighted by Gasteiger charge is -2.25. The normalized spacial score (nSPS) is 13.5. The number of sulfonamides is 1. The molecule has 0 bridgehead atoms. The van der Waals surface area contributed by atoms with Gasteiger partial charge in [0.2, 0.25) is 5.91 Å². The molecule has 1 amide bonds. The third-order valence-electron chi connectivity index (χ3n) is 5.50. The van der Waals surface area contributed by atoms with Crippen LogP contribution in [-0.2, 0) is 14.8 Å². The minimum Gasteiger partial charge on any atom is -0.494 e.